The normalized spacial score (nSPS) is 10.5. The molecule has 0 aliphatic heterocycles. The van der Waals surface area contributed by atoms with Crippen LogP contribution >= 0.6 is 11.9 Å². The van der Waals surface area contributed by atoms with Gasteiger partial charge < -0.3 is 14.8 Å². The van der Waals surface area contributed by atoms with Gasteiger partial charge in [0.2, 0.25) is 5.88 Å². The summed E-state index contributed by atoms with van der Waals surface area (Å²) < 4.78 is 35.4. The van der Waals surface area contributed by atoms with Gasteiger partial charge in [-0.15, -0.1) is 0 Å². The molecule has 2 heterocycles. The molecule has 0 saturated carbocycles. The van der Waals surface area contributed by atoms with Crippen molar-refractivity contribution in [2.45, 2.75) is 4.90 Å². The van der Waals surface area contributed by atoms with E-state index >= 15 is 0 Å². The lowest BCUT2D eigenvalue weighted by Crippen LogP contribution is -1.97. The van der Waals surface area contributed by atoms with Crippen LogP contribution in [0.1, 0.15) is 0 Å². The maximum atomic E-state index is 13.9. The van der Waals surface area contributed by atoms with Gasteiger partial charge in [0.05, 0.1) is 12.0 Å². The zero-order valence-corrected chi connectivity index (χ0v) is 17.3. The Morgan fingerprint density at radius 1 is 0.903 bits per heavy atom. The highest BCUT2D eigenvalue weighted by Crippen LogP contribution is 2.33. The maximum absolute atomic E-state index is 13.9. The number of ether oxygens (including phenoxy) is 1. The van der Waals surface area contributed by atoms with Crippen molar-refractivity contribution in [3.63, 3.8) is 0 Å². The average Bonchev–Trinajstić information content (AvgIpc) is 2.79. The standard InChI is InChI=1S/C23H18F2N4OS/c1-30-23-21(29-31-22-6-5-17(24)13-20(22)25)12-16(14-27-23)15-3-2-4-19(11-15)28-18-7-9-26-10-8-18/h2-14,29H,1H3,(H,26,28). The van der Waals surface area contributed by atoms with E-state index in [0.29, 0.717) is 11.6 Å². The lowest BCUT2D eigenvalue weighted by molar-refractivity contribution is 0.400. The molecule has 0 amide bonds. The minimum atomic E-state index is -0.643. The molecule has 0 spiro atoms. The van der Waals surface area contributed by atoms with E-state index in [0.717, 1.165) is 40.5 Å². The monoisotopic (exact) mass is 436 g/mol. The minimum absolute atomic E-state index is 0.261. The van der Waals surface area contributed by atoms with Crippen molar-refractivity contribution in [1.29, 1.82) is 0 Å². The molecule has 0 radical (unpaired) electrons. The van der Waals surface area contributed by atoms with Crippen LogP contribution in [-0.4, -0.2) is 17.1 Å². The number of aromatic nitrogens is 2. The van der Waals surface area contributed by atoms with Crippen molar-refractivity contribution < 1.29 is 13.5 Å². The smallest absolute Gasteiger partial charge is 0.237 e. The summed E-state index contributed by atoms with van der Waals surface area (Å²) in [5.74, 6) is -0.899. The van der Waals surface area contributed by atoms with Gasteiger partial charge in [0.15, 0.2) is 0 Å². The van der Waals surface area contributed by atoms with E-state index in [1.165, 1.54) is 19.2 Å². The van der Waals surface area contributed by atoms with Gasteiger partial charge in [-0.2, -0.15) is 0 Å². The third-order valence-corrected chi connectivity index (χ3v) is 5.25. The number of methoxy groups -OCH3 is 1. The first-order valence-electron chi connectivity index (χ1n) is 9.32. The molecule has 2 N–H and O–H groups in total. The molecule has 0 unspecified atom stereocenters. The second-order valence-electron chi connectivity index (χ2n) is 6.50. The molecule has 0 aliphatic rings. The molecule has 2 aromatic heterocycles. The van der Waals surface area contributed by atoms with Gasteiger partial charge in [0, 0.05) is 41.6 Å². The van der Waals surface area contributed by atoms with Crippen LogP contribution in [0.3, 0.4) is 0 Å². The molecule has 2 aromatic carbocycles. The highest BCUT2D eigenvalue weighted by molar-refractivity contribution is 8.00. The quantitative estimate of drug-likeness (QED) is 0.332. The van der Waals surface area contributed by atoms with Crippen molar-refractivity contribution in [3.8, 4) is 17.0 Å². The van der Waals surface area contributed by atoms with Gasteiger partial charge in [-0.1, -0.05) is 12.1 Å². The zero-order chi connectivity index (χ0) is 21.6. The second kappa shape index (κ2) is 9.44. The number of rotatable bonds is 7. The topological polar surface area (TPSA) is 59.1 Å². The van der Waals surface area contributed by atoms with Gasteiger partial charge >= 0.3 is 0 Å². The SMILES string of the molecule is COc1ncc(-c2cccc(Nc3ccncc3)c2)cc1NSc1ccc(F)cc1F. The molecule has 5 nitrogen and oxygen atoms in total. The molecule has 8 heteroatoms. The molecule has 4 aromatic rings. The highest BCUT2D eigenvalue weighted by atomic mass is 32.2. The summed E-state index contributed by atoms with van der Waals surface area (Å²) in [4.78, 5) is 8.63. The zero-order valence-electron chi connectivity index (χ0n) is 16.5. The summed E-state index contributed by atoms with van der Waals surface area (Å²) >= 11 is 1.02. The van der Waals surface area contributed by atoms with Gasteiger partial charge in [-0.25, -0.2) is 13.8 Å². The summed E-state index contributed by atoms with van der Waals surface area (Å²) in [7, 11) is 1.51. The summed E-state index contributed by atoms with van der Waals surface area (Å²) in [6.07, 6.45) is 5.15. The van der Waals surface area contributed by atoms with Crippen molar-refractivity contribution in [2.24, 2.45) is 0 Å². The van der Waals surface area contributed by atoms with E-state index in [1.807, 2.05) is 42.5 Å². The predicted octanol–water partition coefficient (Wildman–Crippen LogP) is 6.29. The van der Waals surface area contributed by atoms with Crippen molar-refractivity contribution in [3.05, 3.63) is 90.9 Å². The molecule has 0 bridgehead atoms. The van der Waals surface area contributed by atoms with Gasteiger partial charge in [0.1, 0.15) is 17.3 Å². The summed E-state index contributed by atoms with van der Waals surface area (Å²) in [6, 6.07) is 16.9. The fourth-order valence-corrected chi connectivity index (χ4v) is 3.55. The van der Waals surface area contributed by atoms with Crippen molar-refractivity contribution in [2.75, 3.05) is 17.1 Å². The Balaban J connectivity index is 1.57. The van der Waals surface area contributed by atoms with Gasteiger partial charge in [0.25, 0.3) is 0 Å². The second-order valence-corrected chi connectivity index (χ2v) is 7.35. The van der Waals surface area contributed by atoms with E-state index in [1.54, 1.807) is 18.6 Å². The molecule has 4 rings (SSSR count). The fraction of sp³-hybridized carbons (Fsp3) is 0.0435. The van der Waals surface area contributed by atoms with Crippen molar-refractivity contribution >= 4 is 29.0 Å². The van der Waals surface area contributed by atoms with E-state index < -0.39 is 11.6 Å². The van der Waals surface area contributed by atoms with E-state index in [4.69, 9.17) is 4.74 Å². The fourth-order valence-electron chi connectivity index (χ4n) is 2.89. The Labute approximate surface area is 182 Å². The Kier molecular flexibility index (Phi) is 6.28. The van der Waals surface area contributed by atoms with Crippen LogP contribution in [-0.2, 0) is 0 Å². The Hall–Kier alpha value is -3.65. The molecule has 31 heavy (non-hydrogen) atoms. The van der Waals surface area contributed by atoms with Crippen LogP contribution in [0.25, 0.3) is 11.1 Å². The predicted molar refractivity (Wildman–Crippen MR) is 120 cm³/mol. The molecule has 0 atom stereocenters. The number of anilines is 3. The van der Waals surface area contributed by atoms with Crippen LogP contribution in [0.4, 0.5) is 25.8 Å². The summed E-state index contributed by atoms with van der Waals surface area (Å²) in [5, 5.41) is 3.33. The number of pyridine rings is 2. The number of benzene rings is 2. The van der Waals surface area contributed by atoms with E-state index in [-0.39, 0.29) is 4.90 Å². The Bertz CT molecular complexity index is 1190. The average molecular weight is 436 g/mol. The molecule has 156 valence electrons. The van der Waals surface area contributed by atoms with E-state index in [9.17, 15) is 8.78 Å². The molecular weight excluding hydrogens is 418 g/mol. The van der Waals surface area contributed by atoms with Crippen LogP contribution in [0, 0.1) is 11.6 Å². The van der Waals surface area contributed by atoms with Crippen LogP contribution in [0.15, 0.2) is 84.1 Å². The Morgan fingerprint density at radius 3 is 2.52 bits per heavy atom. The molecule has 0 fully saturated rings. The number of hydrogen-bond acceptors (Lipinski definition) is 6. The van der Waals surface area contributed by atoms with Crippen LogP contribution in [0.2, 0.25) is 0 Å². The largest absolute Gasteiger partial charge is 0.480 e. The van der Waals surface area contributed by atoms with Crippen LogP contribution in [0.5, 0.6) is 5.88 Å². The first-order valence-corrected chi connectivity index (χ1v) is 10.1. The third-order valence-electron chi connectivity index (χ3n) is 4.37. The number of nitrogens with one attached hydrogen (secondary N) is 2. The number of hydrogen-bond donors (Lipinski definition) is 2. The lowest BCUT2D eigenvalue weighted by Gasteiger charge is -2.13. The molecular formula is C23H18F2N4OS. The molecule has 0 aliphatic carbocycles. The number of halogens is 2. The van der Waals surface area contributed by atoms with Crippen molar-refractivity contribution in [1.82, 2.24) is 9.97 Å². The van der Waals surface area contributed by atoms with E-state index in [2.05, 4.69) is 20.0 Å². The number of nitrogens with zero attached hydrogens (tertiary/aromatic N) is 2. The first kappa shape index (κ1) is 20.6. The van der Waals surface area contributed by atoms with Gasteiger partial charge in [-0.3, -0.25) is 4.98 Å². The summed E-state index contributed by atoms with van der Waals surface area (Å²) in [5.41, 5.74) is 4.20. The Morgan fingerprint density at radius 2 is 1.74 bits per heavy atom. The van der Waals surface area contributed by atoms with Gasteiger partial charge in [-0.05, 0) is 60.0 Å². The maximum Gasteiger partial charge on any atom is 0.237 e. The molecule has 0 saturated heterocycles. The first-order chi connectivity index (χ1) is 15.1. The minimum Gasteiger partial charge on any atom is -0.480 e. The summed E-state index contributed by atoms with van der Waals surface area (Å²) in [6.45, 7) is 0. The lowest BCUT2D eigenvalue weighted by atomic mass is 10.1. The van der Waals surface area contributed by atoms with Crippen LogP contribution < -0.4 is 14.8 Å². The third kappa shape index (κ3) is 5.10. The highest BCUT2D eigenvalue weighted by Gasteiger charge is 2.11.